The second kappa shape index (κ2) is 10.9. The molecule has 5 nitrogen and oxygen atoms in total. The molecule has 2 aromatic rings. The molecule has 1 aromatic heterocycles. The summed E-state index contributed by atoms with van der Waals surface area (Å²) >= 11 is 0. The van der Waals surface area contributed by atoms with E-state index >= 15 is 0 Å². The van der Waals surface area contributed by atoms with E-state index in [0.29, 0.717) is 18.6 Å². The normalized spacial score (nSPS) is 27.8. The summed E-state index contributed by atoms with van der Waals surface area (Å²) in [5.74, 6) is 1.45. The summed E-state index contributed by atoms with van der Waals surface area (Å²) in [6, 6.07) is 17.4. The number of hydrogen-bond acceptors (Lipinski definition) is 5. The number of rotatable bonds is 6. The maximum Gasteiger partial charge on any atom is 0.135 e. The molecule has 1 aromatic carbocycles. The van der Waals surface area contributed by atoms with Crippen LogP contribution >= 0.6 is 0 Å². The zero-order valence-electron chi connectivity index (χ0n) is 22.0. The van der Waals surface area contributed by atoms with E-state index in [1.165, 1.54) is 11.1 Å². The molecule has 36 heavy (non-hydrogen) atoms. The standard InChI is InChI=1S/C31H41N3O2/c1-30(2)21-25(19-26-9-6-10-29(33-26)34-15-17-36-18-16-34)22-31(23-30,28-20-27(35)12-14-32-28)13-11-24-7-4-3-5-8-24/h3-10,19,28,32H,11-18,20-23H2,1-2H3. The third-order valence-corrected chi connectivity index (χ3v) is 8.28. The lowest BCUT2D eigenvalue weighted by Gasteiger charge is -2.51. The average Bonchev–Trinajstić information content (AvgIpc) is 2.88. The van der Waals surface area contributed by atoms with Crippen LogP contribution in [-0.2, 0) is 16.0 Å². The van der Waals surface area contributed by atoms with E-state index in [9.17, 15) is 4.79 Å². The number of piperidine rings is 1. The monoisotopic (exact) mass is 487 g/mol. The van der Waals surface area contributed by atoms with Crippen molar-refractivity contribution < 1.29 is 9.53 Å². The zero-order chi connectivity index (χ0) is 25.0. The van der Waals surface area contributed by atoms with Gasteiger partial charge in [0.25, 0.3) is 0 Å². The Morgan fingerprint density at radius 1 is 1.08 bits per heavy atom. The Morgan fingerprint density at radius 2 is 1.89 bits per heavy atom. The third-order valence-electron chi connectivity index (χ3n) is 8.28. The van der Waals surface area contributed by atoms with Crippen molar-refractivity contribution in [3.63, 3.8) is 0 Å². The quantitative estimate of drug-likeness (QED) is 0.587. The van der Waals surface area contributed by atoms with Crippen LogP contribution in [0.25, 0.3) is 6.08 Å². The smallest absolute Gasteiger partial charge is 0.135 e. The average molecular weight is 488 g/mol. The Hall–Kier alpha value is -2.50. The Kier molecular flexibility index (Phi) is 7.59. The molecule has 1 N–H and O–H groups in total. The molecular formula is C31H41N3O2. The third kappa shape index (κ3) is 6.07. The molecule has 2 unspecified atom stereocenters. The van der Waals surface area contributed by atoms with Crippen LogP contribution in [0, 0.1) is 10.8 Å². The fourth-order valence-corrected chi connectivity index (χ4v) is 6.86. The Labute approximate surface area is 216 Å². The van der Waals surface area contributed by atoms with Gasteiger partial charge < -0.3 is 15.0 Å². The lowest BCUT2D eigenvalue weighted by molar-refractivity contribution is -0.122. The number of morpholine rings is 1. The molecule has 0 bridgehead atoms. The van der Waals surface area contributed by atoms with Crippen LogP contribution in [0.5, 0.6) is 0 Å². The van der Waals surface area contributed by atoms with Crippen LogP contribution in [-0.4, -0.2) is 49.7 Å². The number of aromatic nitrogens is 1. The summed E-state index contributed by atoms with van der Waals surface area (Å²) in [7, 11) is 0. The number of Topliss-reactive ketones (excluding diaryl/α,β-unsaturated/α-hetero) is 1. The van der Waals surface area contributed by atoms with Gasteiger partial charge >= 0.3 is 0 Å². The van der Waals surface area contributed by atoms with Gasteiger partial charge in [-0.05, 0) is 66.7 Å². The Bertz CT molecular complexity index is 1070. The van der Waals surface area contributed by atoms with Crippen LogP contribution in [0.1, 0.15) is 63.6 Å². The number of ketones is 1. The highest BCUT2D eigenvalue weighted by molar-refractivity contribution is 5.80. The van der Waals surface area contributed by atoms with E-state index in [-0.39, 0.29) is 16.9 Å². The van der Waals surface area contributed by atoms with E-state index in [2.05, 4.69) is 78.7 Å². The van der Waals surface area contributed by atoms with Crippen molar-refractivity contribution in [2.45, 2.75) is 64.8 Å². The summed E-state index contributed by atoms with van der Waals surface area (Å²) in [5.41, 5.74) is 4.11. The maximum atomic E-state index is 12.6. The number of carbonyl (C=O) groups excluding carboxylic acids is 1. The van der Waals surface area contributed by atoms with Gasteiger partial charge in [0, 0.05) is 38.5 Å². The SMILES string of the molecule is CC1(C)CC(=Cc2cccc(N3CCOCC3)n2)CC(CCc2ccccc2)(C2CC(=O)CCN2)C1. The predicted octanol–water partition coefficient (Wildman–Crippen LogP) is 5.45. The van der Waals surface area contributed by atoms with Gasteiger partial charge in [-0.15, -0.1) is 0 Å². The van der Waals surface area contributed by atoms with Gasteiger partial charge in [-0.3, -0.25) is 4.79 Å². The van der Waals surface area contributed by atoms with Crippen molar-refractivity contribution in [2.75, 3.05) is 37.7 Å². The number of hydrogen-bond donors (Lipinski definition) is 1. The fraction of sp³-hybridized carbons (Fsp3) is 0.548. The molecule has 3 fully saturated rings. The Balaban J connectivity index is 1.44. The molecule has 5 rings (SSSR count). The molecule has 0 amide bonds. The first-order valence-electron chi connectivity index (χ1n) is 13.7. The highest BCUT2D eigenvalue weighted by Crippen LogP contribution is 2.54. The van der Waals surface area contributed by atoms with Crippen molar-refractivity contribution in [3.8, 4) is 0 Å². The highest BCUT2D eigenvalue weighted by Gasteiger charge is 2.47. The van der Waals surface area contributed by atoms with Gasteiger partial charge in [0.15, 0.2) is 0 Å². The van der Waals surface area contributed by atoms with Gasteiger partial charge in [-0.25, -0.2) is 4.98 Å². The summed E-state index contributed by atoms with van der Waals surface area (Å²) in [5, 5.41) is 3.79. The lowest BCUT2D eigenvalue weighted by Crippen LogP contribution is -2.53. The minimum Gasteiger partial charge on any atom is -0.378 e. The summed E-state index contributed by atoms with van der Waals surface area (Å²) < 4.78 is 5.53. The largest absolute Gasteiger partial charge is 0.378 e. The van der Waals surface area contributed by atoms with E-state index in [4.69, 9.17) is 9.72 Å². The number of anilines is 1. The molecule has 1 saturated carbocycles. The molecule has 0 spiro atoms. The van der Waals surface area contributed by atoms with Gasteiger partial charge in [0.2, 0.25) is 0 Å². The highest BCUT2D eigenvalue weighted by atomic mass is 16.5. The number of carbonyl (C=O) groups is 1. The van der Waals surface area contributed by atoms with Gasteiger partial charge in [-0.1, -0.05) is 55.8 Å². The molecule has 0 radical (unpaired) electrons. The molecule has 3 aliphatic rings. The summed E-state index contributed by atoms with van der Waals surface area (Å²) in [6.07, 6.45) is 9.02. The van der Waals surface area contributed by atoms with Crippen molar-refractivity contribution >= 4 is 17.7 Å². The van der Waals surface area contributed by atoms with Crippen LogP contribution in [0.15, 0.2) is 54.1 Å². The van der Waals surface area contributed by atoms with Crippen molar-refractivity contribution in [3.05, 3.63) is 65.4 Å². The van der Waals surface area contributed by atoms with E-state index < -0.39 is 0 Å². The number of nitrogens with one attached hydrogen (secondary N) is 1. The number of benzene rings is 1. The molecule has 2 atom stereocenters. The second-order valence-electron chi connectivity index (χ2n) is 11.9. The number of pyridine rings is 1. The van der Waals surface area contributed by atoms with Crippen LogP contribution in [0.2, 0.25) is 0 Å². The summed E-state index contributed by atoms with van der Waals surface area (Å²) in [4.78, 5) is 19.9. The molecular weight excluding hydrogens is 446 g/mol. The topological polar surface area (TPSA) is 54.5 Å². The first-order chi connectivity index (χ1) is 17.4. The number of aryl methyl sites for hydroxylation is 1. The van der Waals surface area contributed by atoms with Gasteiger partial charge in [-0.2, -0.15) is 0 Å². The van der Waals surface area contributed by atoms with E-state index in [1.807, 2.05) is 0 Å². The zero-order valence-corrected chi connectivity index (χ0v) is 22.0. The van der Waals surface area contributed by atoms with Crippen molar-refractivity contribution in [1.82, 2.24) is 10.3 Å². The molecule has 1 aliphatic carbocycles. The van der Waals surface area contributed by atoms with Crippen LogP contribution < -0.4 is 10.2 Å². The summed E-state index contributed by atoms with van der Waals surface area (Å²) in [6.45, 7) is 8.92. The first-order valence-corrected chi connectivity index (χ1v) is 13.7. The molecule has 5 heteroatoms. The van der Waals surface area contributed by atoms with Gasteiger partial charge in [0.1, 0.15) is 11.6 Å². The number of nitrogens with zero attached hydrogens (tertiary/aromatic N) is 2. The van der Waals surface area contributed by atoms with Crippen molar-refractivity contribution in [1.29, 1.82) is 0 Å². The van der Waals surface area contributed by atoms with Crippen LogP contribution in [0.3, 0.4) is 0 Å². The molecule has 192 valence electrons. The first kappa shape index (κ1) is 25.2. The van der Waals surface area contributed by atoms with Crippen molar-refractivity contribution in [2.24, 2.45) is 10.8 Å². The predicted molar refractivity (Wildman–Crippen MR) is 146 cm³/mol. The minimum atomic E-state index is 0.0569. The van der Waals surface area contributed by atoms with Gasteiger partial charge in [0.05, 0.1) is 18.9 Å². The maximum absolute atomic E-state index is 12.6. The molecule has 2 saturated heterocycles. The fourth-order valence-electron chi connectivity index (χ4n) is 6.86. The lowest BCUT2D eigenvalue weighted by atomic mass is 9.56. The molecule has 3 heterocycles. The molecule has 2 aliphatic heterocycles. The number of allylic oxidation sites excluding steroid dienone is 1. The Morgan fingerprint density at radius 3 is 2.67 bits per heavy atom. The minimum absolute atomic E-state index is 0.0569. The van der Waals surface area contributed by atoms with E-state index in [0.717, 1.165) is 76.5 Å². The van der Waals surface area contributed by atoms with E-state index in [1.54, 1.807) is 0 Å². The number of ether oxygens (including phenoxy) is 1. The van der Waals surface area contributed by atoms with Crippen LogP contribution in [0.4, 0.5) is 5.82 Å². The second-order valence-corrected chi connectivity index (χ2v) is 11.9.